The molecule has 1 heterocycles. The van der Waals surface area contributed by atoms with Crippen LogP contribution < -0.4 is 10.1 Å². The van der Waals surface area contributed by atoms with Crippen molar-refractivity contribution in [3.8, 4) is 5.75 Å². The summed E-state index contributed by atoms with van der Waals surface area (Å²) in [6.07, 6.45) is 11.2. The van der Waals surface area contributed by atoms with E-state index >= 15 is 0 Å². The van der Waals surface area contributed by atoms with E-state index in [2.05, 4.69) is 22.9 Å². The number of halogens is 1. The molecule has 192 valence electrons. The molecular weight excluding hydrogens is 453 g/mol. The fraction of sp³-hybridized carbons (Fsp3) is 0.533. The molecule has 2 aliphatic carbocycles. The van der Waals surface area contributed by atoms with E-state index in [1.54, 1.807) is 6.07 Å². The quantitative estimate of drug-likeness (QED) is 0.389. The number of amides is 1. The summed E-state index contributed by atoms with van der Waals surface area (Å²) in [7, 11) is 0. The van der Waals surface area contributed by atoms with Crippen molar-refractivity contribution in [3.63, 3.8) is 0 Å². The highest BCUT2D eigenvalue weighted by Crippen LogP contribution is 2.37. The molecule has 0 saturated heterocycles. The molecule has 0 spiro atoms. The van der Waals surface area contributed by atoms with Crippen LogP contribution in [0.15, 0.2) is 36.4 Å². The number of nitrogens with one attached hydrogen (secondary N) is 1. The van der Waals surface area contributed by atoms with Crippen molar-refractivity contribution < 1.29 is 13.9 Å². The first-order chi connectivity index (χ1) is 17.5. The second-order valence-corrected chi connectivity index (χ2v) is 10.8. The second-order valence-electron chi connectivity index (χ2n) is 10.8. The summed E-state index contributed by atoms with van der Waals surface area (Å²) >= 11 is 0. The van der Waals surface area contributed by atoms with Gasteiger partial charge in [0, 0.05) is 12.1 Å². The van der Waals surface area contributed by atoms with Crippen LogP contribution in [0.5, 0.6) is 5.75 Å². The maximum atomic E-state index is 14.2. The van der Waals surface area contributed by atoms with E-state index in [0.29, 0.717) is 11.3 Å². The molecule has 36 heavy (non-hydrogen) atoms. The SMILES string of the molecule is Cc1ccc(OCc2nc3cc(F)ccc3n2C(C(=O)NC2CCCCC2)C2CCCCC2)c(C)c1. The Morgan fingerprint density at radius 2 is 1.75 bits per heavy atom. The van der Waals surface area contributed by atoms with E-state index in [1.807, 2.05) is 19.1 Å². The Labute approximate surface area is 213 Å². The number of carbonyl (C=O) groups is 1. The zero-order valence-electron chi connectivity index (χ0n) is 21.6. The van der Waals surface area contributed by atoms with Gasteiger partial charge in [-0.05, 0) is 69.2 Å². The number of carbonyl (C=O) groups excluding carboxylic acids is 1. The molecule has 2 aromatic carbocycles. The summed E-state index contributed by atoms with van der Waals surface area (Å²) in [6.45, 7) is 4.31. The number of rotatable bonds is 7. The van der Waals surface area contributed by atoms with Crippen molar-refractivity contribution in [2.45, 2.75) is 96.7 Å². The lowest BCUT2D eigenvalue weighted by Gasteiger charge is -2.33. The van der Waals surface area contributed by atoms with Crippen molar-refractivity contribution in [2.75, 3.05) is 0 Å². The number of hydrogen-bond acceptors (Lipinski definition) is 3. The highest BCUT2D eigenvalue weighted by Gasteiger charge is 2.35. The third-order valence-electron chi connectivity index (χ3n) is 8.01. The average Bonchev–Trinajstić information content (AvgIpc) is 3.22. The van der Waals surface area contributed by atoms with Crippen LogP contribution in [0.2, 0.25) is 0 Å². The van der Waals surface area contributed by atoms with Gasteiger partial charge in [-0.3, -0.25) is 4.79 Å². The van der Waals surface area contributed by atoms with Crippen LogP contribution in [-0.2, 0) is 11.4 Å². The number of ether oxygens (including phenoxy) is 1. The zero-order valence-corrected chi connectivity index (χ0v) is 21.6. The molecule has 2 saturated carbocycles. The van der Waals surface area contributed by atoms with Crippen LogP contribution in [0.4, 0.5) is 4.39 Å². The normalized spacial score (nSPS) is 18.3. The third kappa shape index (κ3) is 5.42. The number of fused-ring (bicyclic) bond motifs is 1. The van der Waals surface area contributed by atoms with Gasteiger partial charge in [-0.2, -0.15) is 0 Å². The molecule has 1 N–H and O–H groups in total. The Kier molecular flexibility index (Phi) is 7.59. The zero-order chi connectivity index (χ0) is 25.1. The van der Waals surface area contributed by atoms with Crippen molar-refractivity contribution in [2.24, 2.45) is 5.92 Å². The standard InChI is InChI=1S/C30H38FN3O2/c1-20-13-16-27(21(2)17-20)36-19-28-33-25-18-23(31)14-15-26(25)34(28)29(22-9-5-3-6-10-22)30(35)32-24-11-7-4-8-12-24/h13-18,22,24,29H,3-12,19H2,1-2H3,(H,32,35). The number of aryl methyl sites for hydroxylation is 2. The Hall–Kier alpha value is -2.89. The van der Waals surface area contributed by atoms with Gasteiger partial charge >= 0.3 is 0 Å². The molecule has 5 nitrogen and oxygen atoms in total. The van der Waals surface area contributed by atoms with Gasteiger partial charge in [0.25, 0.3) is 0 Å². The molecule has 0 aliphatic heterocycles. The minimum atomic E-state index is -0.375. The Morgan fingerprint density at radius 3 is 2.47 bits per heavy atom. The van der Waals surface area contributed by atoms with Crippen LogP contribution in [0.1, 0.15) is 87.2 Å². The molecule has 5 rings (SSSR count). The fourth-order valence-corrected chi connectivity index (χ4v) is 6.16. The van der Waals surface area contributed by atoms with E-state index in [9.17, 15) is 9.18 Å². The Morgan fingerprint density at radius 1 is 1.03 bits per heavy atom. The molecule has 1 amide bonds. The van der Waals surface area contributed by atoms with Gasteiger partial charge in [0.15, 0.2) is 0 Å². The summed E-state index contributed by atoms with van der Waals surface area (Å²) in [6, 6.07) is 10.7. The number of nitrogens with zero attached hydrogens (tertiary/aromatic N) is 2. The second kappa shape index (κ2) is 11.0. The van der Waals surface area contributed by atoms with Crippen molar-refractivity contribution in [1.82, 2.24) is 14.9 Å². The van der Waals surface area contributed by atoms with Crippen LogP contribution in [0.25, 0.3) is 11.0 Å². The van der Waals surface area contributed by atoms with Gasteiger partial charge in [-0.1, -0.05) is 56.2 Å². The Bertz CT molecular complexity index is 1210. The molecule has 6 heteroatoms. The lowest BCUT2D eigenvalue weighted by molar-refractivity contribution is -0.127. The molecule has 2 aliphatic rings. The third-order valence-corrected chi connectivity index (χ3v) is 8.01. The van der Waals surface area contributed by atoms with E-state index < -0.39 is 0 Å². The minimum absolute atomic E-state index is 0.0743. The topological polar surface area (TPSA) is 56.2 Å². The van der Waals surface area contributed by atoms with E-state index in [4.69, 9.17) is 9.72 Å². The van der Waals surface area contributed by atoms with Crippen LogP contribution in [0.3, 0.4) is 0 Å². The van der Waals surface area contributed by atoms with Crippen molar-refractivity contribution in [1.29, 1.82) is 0 Å². The molecule has 1 atom stereocenters. The smallest absolute Gasteiger partial charge is 0.243 e. The maximum absolute atomic E-state index is 14.2. The largest absolute Gasteiger partial charge is 0.485 e. The molecular formula is C30H38FN3O2. The van der Waals surface area contributed by atoms with Crippen molar-refractivity contribution >= 4 is 16.9 Å². The van der Waals surface area contributed by atoms with E-state index in [-0.39, 0.29) is 36.3 Å². The summed E-state index contributed by atoms with van der Waals surface area (Å²) in [5, 5.41) is 3.39. The molecule has 0 bridgehead atoms. The molecule has 0 radical (unpaired) electrons. The first-order valence-electron chi connectivity index (χ1n) is 13.7. The summed E-state index contributed by atoms with van der Waals surface area (Å²) in [5.41, 5.74) is 3.60. The van der Waals surface area contributed by atoms with Gasteiger partial charge in [0.1, 0.15) is 30.0 Å². The summed E-state index contributed by atoms with van der Waals surface area (Å²) < 4.78 is 22.5. The monoisotopic (exact) mass is 491 g/mol. The van der Waals surface area contributed by atoms with E-state index in [0.717, 1.165) is 55.4 Å². The Balaban J connectivity index is 1.52. The minimum Gasteiger partial charge on any atom is -0.485 e. The van der Waals surface area contributed by atoms with Gasteiger partial charge in [0.2, 0.25) is 5.91 Å². The van der Waals surface area contributed by atoms with Crippen LogP contribution in [-0.4, -0.2) is 21.5 Å². The first-order valence-corrected chi connectivity index (χ1v) is 13.7. The van der Waals surface area contributed by atoms with Gasteiger partial charge in [-0.15, -0.1) is 0 Å². The highest BCUT2D eigenvalue weighted by molar-refractivity contribution is 5.85. The average molecular weight is 492 g/mol. The van der Waals surface area contributed by atoms with E-state index in [1.165, 1.54) is 43.4 Å². The summed E-state index contributed by atoms with van der Waals surface area (Å²) in [5.74, 6) is 1.45. The van der Waals surface area contributed by atoms with Crippen molar-refractivity contribution in [3.05, 3.63) is 59.2 Å². The number of imidazole rings is 1. The number of aromatic nitrogens is 2. The predicted molar refractivity (Wildman–Crippen MR) is 141 cm³/mol. The maximum Gasteiger partial charge on any atom is 0.243 e. The lowest BCUT2D eigenvalue weighted by atomic mass is 9.83. The number of benzene rings is 2. The first kappa shape index (κ1) is 24.8. The van der Waals surface area contributed by atoms with Crippen LogP contribution >= 0.6 is 0 Å². The summed E-state index contributed by atoms with van der Waals surface area (Å²) in [4.78, 5) is 18.8. The lowest BCUT2D eigenvalue weighted by Crippen LogP contribution is -2.43. The highest BCUT2D eigenvalue weighted by atomic mass is 19.1. The number of hydrogen-bond donors (Lipinski definition) is 1. The predicted octanol–water partition coefficient (Wildman–Crippen LogP) is 6.94. The molecule has 2 fully saturated rings. The molecule has 1 unspecified atom stereocenters. The molecule has 3 aromatic rings. The van der Waals surface area contributed by atoms with Gasteiger partial charge in [0.05, 0.1) is 11.0 Å². The fourth-order valence-electron chi connectivity index (χ4n) is 6.16. The van der Waals surface area contributed by atoms with Gasteiger partial charge < -0.3 is 14.6 Å². The van der Waals surface area contributed by atoms with Crippen LogP contribution in [0, 0.1) is 25.6 Å². The molecule has 1 aromatic heterocycles. The van der Waals surface area contributed by atoms with Gasteiger partial charge in [-0.25, -0.2) is 9.37 Å².